The summed E-state index contributed by atoms with van der Waals surface area (Å²) >= 11 is 12.3. The Morgan fingerprint density at radius 3 is 2.47 bits per heavy atom. The van der Waals surface area contributed by atoms with Gasteiger partial charge >= 0.3 is 0 Å². The van der Waals surface area contributed by atoms with Crippen LogP contribution >= 0.6 is 23.2 Å². The molecule has 0 radical (unpaired) electrons. The van der Waals surface area contributed by atoms with Crippen molar-refractivity contribution in [1.29, 1.82) is 0 Å². The maximum atomic E-state index is 6.14. The second-order valence-electron chi connectivity index (χ2n) is 5.03. The van der Waals surface area contributed by atoms with E-state index in [9.17, 15) is 0 Å². The van der Waals surface area contributed by atoms with Crippen molar-refractivity contribution >= 4 is 23.2 Å². The van der Waals surface area contributed by atoms with E-state index in [0.29, 0.717) is 17.7 Å². The van der Waals surface area contributed by atoms with E-state index in [-0.39, 0.29) is 5.41 Å². The summed E-state index contributed by atoms with van der Waals surface area (Å²) in [5.41, 5.74) is -0.0722. The van der Waals surface area contributed by atoms with E-state index in [0.717, 1.165) is 25.2 Å². The third-order valence-electron chi connectivity index (χ3n) is 2.94. The molecule has 1 aromatic rings. The lowest BCUT2D eigenvalue weighted by atomic mass is 9.80. The van der Waals surface area contributed by atoms with Crippen molar-refractivity contribution in [2.45, 2.75) is 40.2 Å². The molecule has 0 unspecified atom stereocenters. The topological polar surface area (TPSA) is 30.7 Å². The van der Waals surface area contributed by atoms with Gasteiger partial charge in [-0.15, -0.1) is 23.2 Å². The minimum absolute atomic E-state index is 0.0722. The largest absolute Gasteiger partial charge is 0.250 e. The minimum Gasteiger partial charge on any atom is -0.250 e. The zero-order chi connectivity index (χ0) is 12.9. The Labute approximate surface area is 114 Å². The van der Waals surface area contributed by atoms with Crippen molar-refractivity contribution in [2.24, 2.45) is 11.3 Å². The highest BCUT2D eigenvalue weighted by molar-refractivity contribution is 6.21. The molecule has 1 heterocycles. The van der Waals surface area contributed by atoms with Gasteiger partial charge in [-0.1, -0.05) is 13.8 Å². The van der Waals surface area contributed by atoms with Crippen LogP contribution in [0.5, 0.6) is 0 Å². The van der Waals surface area contributed by atoms with Crippen molar-refractivity contribution in [1.82, 2.24) is 14.8 Å². The van der Waals surface area contributed by atoms with Gasteiger partial charge in [-0.05, 0) is 19.3 Å². The number of halogens is 2. The number of nitrogens with zero attached hydrogens (tertiary/aromatic N) is 3. The fourth-order valence-electron chi connectivity index (χ4n) is 2.20. The Morgan fingerprint density at radius 2 is 2.00 bits per heavy atom. The van der Waals surface area contributed by atoms with Gasteiger partial charge < -0.3 is 0 Å². The zero-order valence-corrected chi connectivity index (χ0v) is 12.3. The second-order valence-corrected chi connectivity index (χ2v) is 5.57. The SMILES string of the molecule is CCn1ncnc1CC(CCl)(CCl)CC(C)C. The van der Waals surface area contributed by atoms with Gasteiger partial charge in [-0.3, -0.25) is 4.68 Å². The summed E-state index contributed by atoms with van der Waals surface area (Å²) in [5, 5.41) is 4.19. The van der Waals surface area contributed by atoms with E-state index in [1.807, 2.05) is 4.68 Å². The fourth-order valence-corrected chi connectivity index (χ4v) is 2.89. The third kappa shape index (κ3) is 3.85. The molecule has 1 rings (SSSR count). The van der Waals surface area contributed by atoms with Gasteiger partial charge in [0, 0.05) is 30.1 Å². The minimum atomic E-state index is -0.0722. The van der Waals surface area contributed by atoms with E-state index in [2.05, 4.69) is 30.9 Å². The first-order valence-corrected chi connectivity index (χ1v) is 7.12. The van der Waals surface area contributed by atoms with Crippen molar-refractivity contribution in [2.75, 3.05) is 11.8 Å². The Kier molecular flexibility index (Phi) is 5.74. The highest BCUT2D eigenvalue weighted by Gasteiger charge is 2.31. The van der Waals surface area contributed by atoms with Crippen molar-refractivity contribution in [3.63, 3.8) is 0 Å². The Balaban J connectivity index is 2.85. The molecule has 17 heavy (non-hydrogen) atoms. The molecule has 0 aliphatic heterocycles. The standard InChI is InChI=1S/C12H21Cl2N3/c1-4-17-11(15-9-16-17)6-12(7-13,8-14)5-10(2)3/h9-10H,4-8H2,1-3H3. The molecular weight excluding hydrogens is 257 g/mol. The summed E-state index contributed by atoms with van der Waals surface area (Å²) in [6, 6.07) is 0. The van der Waals surface area contributed by atoms with Gasteiger partial charge in [0.15, 0.2) is 0 Å². The molecule has 0 amide bonds. The molecule has 0 fully saturated rings. The van der Waals surface area contributed by atoms with Gasteiger partial charge in [-0.2, -0.15) is 5.10 Å². The number of hydrogen-bond acceptors (Lipinski definition) is 2. The molecule has 0 aliphatic rings. The molecule has 0 spiro atoms. The predicted octanol–water partition coefficient (Wildman–Crippen LogP) is 3.35. The van der Waals surface area contributed by atoms with Crippen LogP contribution in [0.3, 0.4) is 0 Å². The molecule has 0 bridgehead atoms. The fraction of sp³-hybridized carbons (Fsp3) is 0.833. The molecular formula is C12H21Cl2N3. The molecule has 0 N–H and O–H groups in total. The Morgan fingerprint density at radius 1 is 1.35 bits per heavy atom. The van der Waals surface area contributed by atoms with Crippen LogP contribution in [0.25, 0.3) is 0 Å². The molecule has 5 heteroatoms. The average molecular weight is 278 g/mol. The highest BCUT2D eigenvalue weighted by atomic mass is 35.5. The molecule has 0 aliphatic carbocycles. The maximum Gasteiger partial charge on any atom is 0.138 e. The molecule has 0 saturated carbocycles. The molecule has 98 valence electrons. The van der Waals surface area contributed by atoms with Crippen LogP contribution in [0.1, 0.15) is 33.0 Å². The van der Waals surface area contributed by atoms with Gasteiger partial charge in [0.05, 0.1) is 0 Å². The lowest BCUT2D eigenvalue weighted by molar-refractivity contribution is 0.285. The Hall–Kier alpha value is -0.280. The monoisotopic (exact) mass is 277 g/mol. The highest BCUT2D eigenvalue weighted by Crippen LogP contribution is 2.33. The third-order valence-corrected chi connectivity index (χ3v) is 4.07. The van der Waals surface area contributed by atoms with E-state index >= 15 is 0 Å². The summed E-state index contributed by atoms with van der Waals surface area (Å²) in [6.07, 6.45) is 3.41. The lowest BCUT2D eigenvalue weighted by Crippen LogP contribution is -2.31. The molecule has 1 aromatic heterocycles. The smallest absolute Gasteiger partial charge is 0.138 e. The molecule has 0 saturated heterocycles. The summed E-state index contributed by atoms with van der Waals surface area (Å²) < 4.78 is 1.91. The first-order chi connectivity index (χ1) is 8.06. The molecule has 0 atom stereocenters. The number of aryl methyl sites for hydroxylation is 1. The summed E-state index contributed by atoms with van der Waals surface area (Å²) in [4.78, 5) is 4.31. The van der Waals surface area contributed by atoms with Gasteiger partial charge in [0.25, 0.3) is 0 Å². The molecule has 3 nitrogen and oxygen atoms in total. The summed E-state index contributed by atoms with van der Waals surface area (Å²) in [7, 11) is 0. The molecule has 0 aromatic carbocycles. The summed E-state index contributed by atoms with van der Waals surface area (Å²) in [5.74, 6) is 2.68. The van der Waals surface area contributed by atoms with Crippen LogP contribution in [-0.4, -0.2) is 26.5 Å². The quantitative estimate of drug-likeness (QED) is 0.716. The van der Waals surface area contributed by atoms with E-state index in [4.69, 9.17) is 23.2 Å². The average Bonchev–Trinajstić information content (AvgIpc) is 2.74. The zero-order valence-electron chi connectivity index (χ0n) is 10.8. The van der Waals surface area contributed by atoms with Crippen molar-refractivity contribution in [3.05, 3.63) is 12.2 Å². The van der Waals surface area contributed by atoms with E-state index in [1.54, 1.807) is 6.33 Å². The van der Waals surface area contributed by atoms with Crippen LogP contribution in [-0.2, 0) is 13.0 Å². The number of aromatic nitrogens is 3. The lowest BCUT2D eigenvalue weighted by Gasteiger charge is -2.31. The van der Waals surface area contributed by atoms with E-state index in [1.165, 1.54) is 0 Å². The first-order valence-electron chi connectivity index (χ1n) is 6.05. The van der Waals surface area contributed by atoms with Gasteiger partial charge in [0.1, 0.15) is 12.2 Å². The first kappa shape index (κ1) is 14.8. The summed E-state index contributed by atoms with van der Waals surface area (Å²) in [6.45, 7) is 7.28. The van der Waals surface area contributed by atoms with Crippen LogP contribution in [0, 0.1) is 11.3 Å². The van der Waals surface area contributed by atoms with Gasteiger partial charge in [-0.25, -0.2) is 4.98 Å². The number of hydrogen-bond donors (Lipinski definition) is 0. The van der Waals surface area contributed by atoms with Crippen LogP contribution < -0.4 is 0 Å². The predicted molar refractivity (Wildman–Crippen MR) is 72.7 cm³/mol. The van der Waals surface area contributed by atoms with Gasteiger partial charge in [0.2, 0.25) is 0 Å². The number of rotatable bonds is 7. The number of alkyl halides is 2. The normalized spacial score (nSPS) is 12.4. The van der Waals surface area contributed by atoms with Crippen LogP contribution in [0.2, 0.25) is 0 Å². The van der Waals surface area contributed by atoms with Crippen LogP contribution in [0.15, 0.2) is 6.33 Å². The maximum absolute atomic E-state index is 6.14. The van der Waals surface area contributed by atoms with E-state index < -0.39 is 0 Å². The second kappa shape index (κ2) is 6.60. The van der Waals surface area contributed by atoms with Crippen molar-refractivity contribution < 1.29 is 0 Å². The van der Waals surface area contributed by atoms with Crippen LogP contribution in [0.4, 0.5) is 0 Å². The van der Waals surface area contributed by atoms with Crippen molar-refractivity contribution in [3.8, 4) is 0 Å². The Bertz CT molecular complexity index is 332.